The van der Waals surface area contributed by atoms with E-state index in [0.717, 1.165) is 18.4 Å². The number of allylic oxidation sites excluding steroid dienone is 1. The van der Waals surface area contributed by atoms with Crippen molar-refractivity contribution in [2.45, 2.75) is 19.3 Å². The molecule has 2 nitrogen and oxygen atoms in total. The minimum absolute atomic E-state index is 0.445. The molecule has 0 unspecified atom stereocenters. The lowest BCUT2D eigenvalue weighted by Crippen LogP contribution is -2.10. The molecule has 0 aliphatic heterocycles. The lowest BCUT2D eigenvalue weighted by Gasteiger charge is -2.22. The van der Waals surface area contributed by atoms with Crippen LogP contribution in [0.5, 0.6) is 0 Å². The molecule has 15 heavy (non-hydrogen) atoms. The van der Waals surface area contributed by atoms with Crippen LogP contribution in [0.25, 0.3) is 5.57 Å². The number of aliphatic carboxylic acids is 1. The van der Waals surface area contributed by atoms with Crippen molar-refractivity contribution in [2.24, 2.45) is 5.92 Å². The molecule has 0 atom stereocenters. The standard InChI is InChI=1S/C13H14O2/c14-13(15)12(9-10-5-4-6-10)11-7-2-1-3-8-11/h1-3,7-10H,4-6H2,(H,14,15). The fourth-order valence-corrected chi connectivity index (χ4v) is 1.75. The molecule has 1 N–H and O–H groups in total. The number of carbonyl (C=O) groups is 1. The van der Waals surface area contributed by atoms with Crippen LogP contribution < -0.4 is 0 Å². The maximum absolute atomic E-state index is 11.1. The average molecular weight is 202 g/mol. The fraction of sp³-hybridized carbons (Fsp3) is 0.308. The van der Waals surface area contributed by atoms with Crippen molar-refractivity contribution in [1.29, 1.82) is 0 Å². The lowest BCUT2D eigenvalue weighted by molar-refractivity contribution is -0.130. The number of benzene rings is 1. The summed E-state index contributed by atoms with van der Waals surface area (Å²) in [6.07, 6.45) is 5.39. The molecule has 2 rings (SSSR count). The summed E-state index contributed by atoms with van der Waals surface area (Å²) in [7, 11) is 0. The van der Waals surface area contributed by atoms with E-state index in [2.05, 4.69) is 0 Å². The molecule has 1 aliphatic rings. The summed E-state index contributed by atoms with van der Waals surface area (Å²) < 4.78 is 0. The van der Waals surface area contributed by atoms with Crippen LogP contribution in [0, 0.1) is 5.92 Å². The summed E-state index contributed by atoms with van der Waals surface area (Å²) in [5.41, 5.74) is 1.25. The monoisotopic (exact) mass is 202 g/mol. The van der Waals surface area contributed by atoms with Gasteiger partial charge >= 0.3 is 5.97 Å². The summed E-state index contributed by atoms with van der Waals surface area (Å²) in [6, 6.07) is 9.32. The highest BCUT2D eigenvalue weighted by atomic mass is 16.4. The van der Waals surface area contributed by atoms with Gasteiger partial charge in [0, 0.05) is 0 Å². The smallest absolute Gasteiger partial charge is 0.335 e. The minimum Gasteiger partial charge on any atom is -0.478 e. The Bertz CT molecular complexity index is 375. The van der Waals surface area contributed by atoms with E-state index < -0.39 is 5.97 Å². The zero-order chi connectivity index (χ0) is 10.7. The third kappa shape index (κ3) is 2.27. The molecule has 78 valence electrons. The second-order valence-electron chi connectivity index (χ2n) is 3.94. The van der Waals surface area contributed by atoms with Gasteiger partial charge in [0.2, 0.25) is 0 Å². The molecule has 1 aromatic carbocycles. The molecule has 1 saturated carbocycles. The normalized spacial score (nSPS) is 17.2. The Balaban J connectivity index is 2.27. The van der Waals surface area contributed by atoms with Gasteiger partial charge in [0.05, 0.1) is 5.57 Å². The summed E-state index contributed by atoms with van der Waals surface area (Å²) in [6.45, 7) is 0. The predicted molar refractivity (Wildman–Crippen MR) is 59.4 cm³/mol. The van der Waals surface area contributed by atoms with Crippen LogP contribution in [0.15, 0.2) is 36.4 Å². The van der Waals surface area contributed by atoms with Gasteiger partial charge in [-0.25, -0.2) is 4.79 Å². The molecule has 1 aliphatic carbocycles. The maximum Gasteiger partial charge on any atom is 0.335 e. The van der Waals surface area contributed by atoms with Crippen molar-refractivity contribution in [3.63, 3.8) is 0 Å². The summed E-state index contributed by atoms with van der Waals surface area (Å²) in [4.78, 5) is 11.1. The van der Waals surface area contributed by atoms with Gasteiger partial charge in [-0.1, -0.05) is 42.8 Å². The van der Waals surface area contributed by atoms with E-state index in [0.29, 0.717) is 11.5 Å². The van der Waals surface area contributed by atoms with Crippen LogP contribution in [-0.4, -0.2) is 11.1 Å². The number of hydrogen-bond donors (Lipinski definition) is 1. The number of hydrogen-bond acceptors (Lipinski definition) is 1. The van der Waals surface area contributed by atoms with Gasteiger partial charge in [-0.05, 0) is 24.3 Å². The molecule has 0 heterocycles. The first-order valence-electron chi connectivity index (χ1n) is 5.28. The van der Waals surface area contributed by atoms with E-state index >= 15 is 0 Å². The van der Waals surface area contributed by atoms with Crippen LogP contribution >= 0.6 is 0 Å². The molecule has 0 saturated heterocycles. The predicted octanol–water partition coefficient (Wildman–Crippen LogP) is 2.95. The zero-order valence-corrected chi connectivity index (χ0v) is 8.52. The number of carboxylic acids is 1. The van der Waals surface area contributed by atoms with E-state index in [1.165, 1.54) is 6.42 Å². The SMILES string of the molecule is O=C(O)C(=CC1CCC1)c1ccccc1. The lowest BCUT2D eigenvalue weighted by atomic mass is 9.83. The van der Waals surface area contributed by atoms with E-state index in [1.807, 2.05) is 36.4 Å². The van der Waals surface area contributed by atoms with E-state index in [-0.39, 0.29) is 0 Å². The number of rotatable bonds is 3. The Labute approximate surface area is 89.2 Å². The highest BCUT2D eigenvalue weighted by molar-refractivity contribution is 6.15. The first-order valence-corrected chi connectivity index (χ1v) is 5.28. The van der Waals surface area contributed by atoms with Gasteiger partial charge in [0.15, 0.2) is 0 Å². The van der Waals surface area contributed by atoms with Crippen molar-refractivity contribution >= 4 is 11.5 Å². The summed E-state index contributed by atoms with van der Waals surface area (Å²) >= 11 is 0. The van der Waals surface area contributed by atoms with Crippen molar-refractivity contribution < 1.29 is 9.90 Å². The van der Waals surface area contributed by atoms with Crippen molar-refractivity contribution in [2.75, 3.05) is 0 Å². The summed E-state index contributed by atoms with van der Waals surface area (Å²) in [5, 5.41) is 9.13. The second-order valence-corrected chi connectivity index (χ2v) is 3.94. The second kappa shape index (κ2) is 4.30. The highest BCUT2D eigenvalue weighted by Crippen LogP contribution is 2.30. The van der Waals surface area contributed by atoms with Crippen LogP contribution in [-0.2, 0) is 4.79 Å². The molecule has 1 aromatic rings. The highest BCUT2D eigenvalue weighted by Gasteiger charge is 2.18. The van der Waals surface area contributed by atoms with Crippen molar-refractivity contribution in [3.8, 4) is 0 Å². The van der Waals surface area contributed by atoms with Crippen LogP contribution in [0.2, 0.25) is 0 Å². The summed E-state index contributed by atoms with van der Waals surface area (Å²) in [5.74, 6) is -0.357. The minimum atomic E-state index is -0.826. The molecule has 2 heteroatoms. The Morgan fingerprint density at radius 1 is 1.27 bits per heavy atom. The Kier molecular flexibility index (Phi) is 2.86. The fourth-order valence-electron chi connectivity index (χ4n) is 1.75. The van der Waals surface area contributed by atoms with E-state index in [9.17, 15) is 4.79 Å². The van der Waals surface area contributed by atoms with E-state index in [1.54, 1.807) is 0 Å². The van der Waals surface area contributed by atoms with Gasteiger partial charge in [-0.15, -0.1) is 0 Å². The molecular formula is C13H14O2. The van der Waals surface area contributed by atoms with E-state index in [4.69, 9.17) is 5.11 Å². The quantitative estimate of drug-likeness (QED) is 0.765. The van der Waals surface area contributed by atoms with Crippen LogP contribution in [0.3, 0.4) is 0 Å². The molecular weight excluding hydrogens is 188 g/mol. The van der Waals surface area contributed by atoms with Gasteiger partial charge in [-0.3, -0.25) is 0 Å². The molecule has 0 radical (unpaired) electrons. The maximum atomic E-state index is 11.1. The third-order valence-corrected chi connectivity index (χ3v) is 2.87. The molecule has 0 spiro atoms. The van der Waals surface area contributed by atoms with Crippen LogP contribution in [0.1, 0.15) is 24.8 Å². The van der Waals surface area contributed by atoms with Crippen molar-refractivity contribution in [1.82, 2.24) is 0 Å². The zero-order valence-electron chi connectivity index (χ0n) is 8.52. The Morgan fingerprint density at radius 3 is 2.40 bits per heavy atom. The van der Waals surface area contributed by atoms with Gasteiger partial charge < -0.3 is 5.11 Å². The molecule has 0 aromatic heterocycles. The first kappa shape index (κ1) is 9.97. The molecule has 1 fully saturated rings. The topological polar surface area (TPSA) is 37.3 Å². The Hall–Kier alpha value is -1.57. The molecule has 0 bridgehead atoms. The van der Waals surface area contributed by atoms with Crippen LogP contribution in [0.4, 0.5) is 0 Å². The van der Waals surface area contributed by atoms with Gasteiger partial charge in [0.25, 0.3) is 0 Å². The van der Waals surface area contributed by atoms with Gasteiger partial charge in [0.1, 0.15) is 0 Å². The third-order valence-electron chi connectivity index (χ3n) is 2.87. The average Bonchev–Trinajstić information content (AvgIpc) is 2.17. The molecule has 0 amide bonds. The largest absolute Gasteiger partial charge is 0.478 e. The first-order chi connectivity index (χ1) is 7.27. The van der Waals surface area contributed by atoms with Crippen molar-refractivity contribution in [3.05, 3.63) is 42.0 Å². The van der Waals surface area contributed by atoms with Gasteiger partial charge in [-0.2, -0.15) is 0 Å². The Morgan fingerprint density at radius 2 is 1.93 bits per heavy atom. The number of carboxylic acid groups (broad SMARTS) is 1.